The maximum Gasteiger partial charge on any atom is 0.322 e. The van der Waals surface area contributed by atoms with E-state index in [4.69, 9.17) is 20.9 Å². The quantitative estimate of drug-likeness (QED) is 0.545. The predicted molar refractivity (Wildman–Crippen MR) is 119 cm³/mol. The van der Waals surface area contributed by atoms with Crippen molar-refractivity contribution in [2.45, 2.75) is 13.0 Å². The van der Waals surface area contributed by atoms with Crippen molar-refractivity contribution in [3.05, 3.63) is 83.4 Å². The number of rotatable bonds is 6. The van der Waals surface area contributed by atoms with Crippen LogP contribution in [0.2, 0.25) is 5.02 Å². The lowest BCUT2D eigenvalue weighted by atomic mass is 9.94. The van der Waals surface area contributed by atoms with Crippen LogP contribution >= 0.6 is 11.6 Å². The van der Waals surface area contributed by atoms with Gasteiger partial charge in [-0.1, -0.05) is 35.0 Å². The maximum atomic E-state index is 12.7. The first-order valence-corrected chi connectivity index (χ1v) is 10.0. The summed E-state index contributed by atoms with van der Waals surface area (Å²) in [5.41, 5.74) is 3.08. The van der Waals surface area contributed by atoms with E-state index < -0.39 is 6.04 Å². The molecule has 0 radical (unpaired) electrons. The van der Waals surface area contributed by atoms with E-state index in [1.807, 2.05) is 43.3 Å². The molecular formula is C23H21ClN4O3. The van der Waals surface area contributed by atoms with Gasteiger partial charge in [0.15, 0.2) is 0 Å². The van der Waals surface area contributed by atoms with Gasteiger partial charge in [-0.15, -0.1) is 6.58 Å². The van der Waals surface area contributed by atoms with Gasteiger partial charge in [-0.05, 0) is 48.9 Å². The Morgan fingerprint density at radius 3 is 2.58 bits per heavy atom. The Labute approximate surface area is 185 Å². The number of carbonyl (C=O) groups excluding carboxylic acids is 1. The van der Waals surface area contributed by atoms with Crippen LogP contribution in [0.3, 0.4) is 0 Å². The highest BCUT2D eigenvalue weighted by Crippen LogP contribution is 2.37. The number of nitrogens with one attached hydrogen (secondary N) is 1. The number of hydrogen-bond donors (Lipinski definition) is 1. The number of aromatic nitrogens is 2. The molecule has 0 saturated heterocycles. The second kappa shape index (κ2) is 8.65. The van der Waals surface area contributed by atoms with Crippen LogP contribution in [-0.4, -0.2) is 34.7 Å². The summed E-state index contributed by atoms with van der Waals surface area (Å²) in [4.78, 5) is 18.9. The normalized spacial score (nSPS) is 16.3. The number of amides is 2. The maximum absolute atomic E-state index is 12.7. The molecular weight excluding hydrogens is 416 g/mol. The molecule has 1 unspecified atom stereocenters. The van der Waals surface area contributed by atoms with E-state index in [1.165, 1.54) is 0 Å². The average Bonchev–Trinajstić information content (AvgIpc) is 3.26. The zero-order valence-corrected chi connectivity index (χ0v) is 17.9. The standard InChI is InChI=1S/C23H21ClN4O3/c1-4-13-28-14(2)19(20(25-23(28)29)15-5-9-17(24)10-6-15)22-26-21(27-31-22)16-7-11-18(30-3)12-8-16/h4-12,20H,1,13H2,2-3H3,(H,25,29). The predicted octanol–water partition coefficient (Wildman–Crippen LogP) is 5.08. The Morgan fingerprint density at radius 2 is 1.94 bits per heavy atom. The number of halogens is 1. The summed E-state index contributed by atoms with van der Waals surface area (Å²) in [7, 11) is 1.61. The van der Waals surface area contributed by atoms with Crippen LogP contribution in [-0.2, 0) is 0 Å². The first-order chi connectivity index (χ1) is 15.0. The summed E-state index contributed by atoms with van der Waals surface area (Å²) in [6.45, 7) is 5.96. The Morgan fingerprint density at radius 1 is 1.23 bits per heavy atom. The van der Waals surface area contributed by atoms with Crippen LogP contribution in [0.5, 0.6) is 5.75 Å². The van der Waals surface area contributed by atoms with Crippen molar-refractivity contribution >= 4 is 23.2 Å². The van der Waals surface area contributed by atoms with Crippen LogP contribution in [0.15, 0.2) is 71.4 Å². The van der Waals surface area contributed by atoms with Crippen molar-refractivity contribution in [2.24, 2.45) is 0 Å². The molecule has 7 nitrogen and oxygen atoms in total. The zero-order chi connectivity index (χ0) is 22.0. The molecule has 0 bridgehead atoms. The smallest absolute Gasteiger partial charge is 0.322 e. The molecule has 2 aromatic carbocycles. The van der Waals surface area contributed by atoms with E-state index in [1.54, 1.807) is 30.2 Å². The second-order valence-electron chi connectivity index (χ2n) is 6.98. The number of benzene rings is 2. The van der Waals surface area contributed by atoms with E-state index in [0.29, 0.717) is 29.0 Å². The molecule has 4 rings (SSSR count). The summed E-state index contributed by atoms with van der Waals surface area (Å²) in [6, 6.07) is 14.0. The third kappa shape index (κ3) is 4.04. The van der Waals surface area contributed by atoms with E-state index >= 15 is 0 Å². The van der Waals surface area contributed by atoms with Gasteiger partial charge in [-0.25, -0.2) is 4.79 Å². The van der Waals surface area contributed by atoms with Gasteiger partial charge in [0, 0.05) is 22.8 Å². The minimum absolute atomic E-state index is 0.226. The van der Waals surface area contributed by atoms with Gasteiger partial charge < -0.3 is 14.6 Å². The number of allylic oxidation sites excluding steroid dienone is 1. The lowest BCUT2D eigenvalue weighted by Crippen LogP contribution is -2.46. The first kappa shape index (κ1) is 20.7. The van der Waals surface area contributed by atoms with Gasteiger partial charge in [0.25, 0.3) is 5.89 Å². The van der Waals surface area contributed by atoms with Gasteiger partial charge in [0.1, 0.15) is 5.75 Å². The van der Waals surface area contributed by atoms with Crippen molar-refractivity contribution in [1.82, 2.24) is 20.4 Å². The van der Waals surface area contributed by atoms with Crippen molar-refractivity contribution in [3.8, 4) is 17.1 Å². The minimum atomic E-state index is -0.463. The third-order valence-corrected chi connectivity index (χ3v) is 5.37. The van der Waals surface area contributed by atoms with Gasteiger partial charge >= 0.3 is 6.03 Å². The molecule has 1 atom stereocenters. The van der Waals surface area contributed by atoms with E-state index in [-0.39, 0.29) is 6.03 Å². The fourth-order valence-electron chi connectivity index (χ4n) is 3.50. The highest BCUT2D eigenvalue weighted by Gasteiger charge is 2.35. The lowest BCUT2D eigenvalue weighted by Gasteiger charge is -2.34. The Bertz CT molecular complexity index is 1140. The number of urea groups is 1. The number of methoxy groups -OCH3 is 1. The van der Waals surface area contributed by atoms with Crippen LogP contribution in [0.25, 0.3) is 17.0 Å². The monoisotopic (exact) mass is 436 g/mol. The van der Waals surface area contributed by atoms with E-state index in [0.717, 1.165) is 22.4 Å². The molecule has 8 heteroatoms. The average molecular weight is 437 g/mol. The van der Waals surface area contributed by atoms with Gasteiger partial charge in [-0.2, -0.15) is 4.98 Å². The molecule has 3 aromatic rings. The molecule has 2 amide bonds. The molecule has 0 spiro atoms. The Balaban J connectivity index is 1.78. The van der Waals surface area contributed by atoms with Gasteiger partial charge in [-0.3, -0.25) is 4.90 Å². The molecule has 1 aliphatic heterocycles. The summed E-state index contributed by atoms with van der Waals surface area (Å²) in [5, 5.41) is 7.79. The molecule has 1 N–H and O–H groups in total. The van der Waals surface area contributed by atoms with Crippen LogP contribution in [0, 0.1) is 0 Å². The van der Waals surface area contributed by atoms with Crippen molar-refractivity contribution in [2.75, 3.05) is 13.7 Å². The molecule has 0 saturated carbocycles. The fraction of sp³-hybridized carbons (Fsp3) is 0.174. The highest BCUT2D eigenvalue weighted by atomic mass is 35.5. The first-order valence-electron chi connectivity index (χ1n) is 9.65. The van der Waals surface area contributed by atoms with E-state index in [2.05, 4.69) is 22.0 Å². The largest absolute Gasteiger partial charge is 0.497 e. The summed E-state index contributed by atoms with van der Waals surface area (Å²) >= 11 is 6.05. The molecule has 158 valence electrons. The van der Waals surface area contributed by atoms with Crippen molar-refractivity contribution in [1.29, 1.82) is 0 Å². The van der Waals surface area contributed by atoms with Crippen molar-refractivity contribution in [3.63, 3.8) is 0 Å². The zero-order valence-electron chi connectivity index (χ0n) is 17.1. The summed E-state index contributed by atoms with van der Waals surface area (Å²) < 4.78 is 10.8. The van der Waals surface area contributed by atoms with E-state index in [9.17, 15) is 4.79 Å². The highest BCUT2D eigenvalue weighted by molar-refractivity contribution is 6.30. The number of hydrogen-bond acceptors (Lipinski definition) is 5. The fourth-order valence-corrected chi connectivity index (χ4v) is 3.63. The summed E-state index contributed by atoms with van der Waals surface area (Å²) in [6.07, 6.45) is 1.67. The number of carbonyl (C=O) groups is 1. The number of nitrogens with zero attached hydrogens (tertiary/aromatic N) is 3. The Kier molecular flexibility index (Phi) is 5.77. The second-order valence-corrected chi connectivity index (χ2v) is 7.42. The SMILES string of the molecule is C=CCN1C(=O)NC(c2ccc(Cl)cc2)C(c2nc(-c3ccc(OC)cc3)no2)=C1C. The van der Waals surface area contributed by atoms with Crippen LogP contribution in [0.1, 0.15) is 24.4 Å². The molecule has 1 aromatic heterocycles. The topological polar surface area (TPSA) is 80.5 Å². The summed E-state index contributed by atoms with van der Waals surface area (Å²) in [5.74, 6) is 1.51. The third-order valence-electron chi connectivity index (χ3n) is 5.12. The molecule has 0 fully saturated rings. The minimum Gasteiger partial charge on any atom is -0.497 e. The lowest BCUT2D eigenvalue weighted by molar-refractivity contribution is 0.209. The number of ether oxygens (including phenoxy) is 1. The molecule has 2 heterocycles. The van der Waals surface area contributed by atoms with Crippen LogP contribution in [0.4, 0.5) is 4.79 Å². The van der Waals surface area contributed by atoms with Gasteiger partial charge in [0.05, 0.1) is 18.7 Å². The van der Waals surface area contributed by atoms with Crippen molar-refractivity contribution < 1.29 is 14.1 Å². The molecule has 1 aliphatic rings. The Hall–Kier alpha value is -3.58. The molecule has 0 aliphatic carbocycles. The van der Waals surface area contributed by atoms with Gasteiger partial charge in [0.2, 0.25) is 5.82 Å². The van der Waals surface area contributed by atoms with Crippen LogP contribution < -0.4 is 10.1 Å². The molecule has 31 heavy (non-hydrogen) atoms.